The number of methoxy groups -OCH3 is 1. The molecule has 0 saturated carbocycles. The van der Waals surface area contributed by atoms with Crippen LogP contribution in [0.1, 0.15) is 47.6 Å². The Hall–Kier alpha value is -3.07. The van der Waals surface area contributed by atoms with E-state index in [2.05, 4.69) is 38.1 Å². The predicted octanol–water partition coefficient (Wildman–Crippen LogP) is 5.90. The number of carbonyl (C=O) groups is 1. The molecule has 0 fully saturated rings. The van der Waals surface area contributed by atoms with Crippen molar-refractivity contribution in [3.05, 3.63) is 101 Å². The molecule has 1 atom stereocenters. The molecular formula is C27H30O3. The maximum Gasteiger partial charge on any atom is 0.311 e. The topological polar surface area (TPSA) is 46.5 Å². The molecule has 3 heteroatoms. The fourth-order valence-corrected chi connectivity index (χ4v) is 3.87. The van der Waals surface area contributed by atoms with Crippen molar-refractivity contribution < 1.29 is 14.6 Å². The minimum Gasteiger partial charge on any atom is -0.496 e. The van der Waals surface area contributed by atoms with Gasteiger partial charge in [0.15, 0.2) is 0 Å². The van der Waals surface area contributed by atoms with Gasteiger partial charge in [-0.25, -0.2) is 0 Å². The molecule has 1 N–H and O–H groups in total. The van der Waals surface area contributed by atoms with Gasteiger partial charge in [0, 0.05) is 0 Å². The summed E-state index contributed by atoms with van der Waals surface area (Å²) >= 11 is 0. The van der Waals surface area contributed by atoms with Crippen molar-refractivity contribution in [2.75, 3.05) is 7.11 Å². The Morgan fingerprint density at radius 2 is 1.57 bits per heavy atom. The van der Waals surface area contributed by atoms with Crippen LogP contribution in [0.3, 0.4) is 0 Å². The predicted molar refractivity (Wildman–Crippen MR) is 121 cm³/mol. The highest BCUT2D eigenvalue weighted by atomic mass is 16.5. The van der Waals surface area contributed by atoms with Gasteiger partial charge in [-0.15, -0.1) is 0 Å². The number of rotatable bonds is 9. The van der Waals surface area contributed by atoms with Gasteiger partial charge in [0.05, 0.1) is 13.0 Å². The van der Waals surface area contributed by atoms with Gasteiger partial charge in [0.2, 0.25) is 0 Å². The lowest BCUT2D eigenvalue weighted by Crippen LogP contribution is -2.15. The maximum atomic E-state index is 12.1. The van der Waals surface area contributed by atoms with Crippen LogP contribution in [-0.2, 0) is 24.1 Å². The Bertz CT molecular complexity index is 976. The minimum atomic E-state index is -0.817. The van der Waals surface area contributed by atoms with E-state index in [0.717, 1.165) is 35.3 Å². The standard InChI is InChI=1S/C27H30O3/c1-19(2)14-24-13-12-23(18-26(24)30-3)25(27(28)29)17-22-11-7-10-21(16-22)15-20-8-5-4-6-9-20/h4-13,16,18-19,25H,14-15,17H2,1-3H3,(H,28,29). The molecule has 0 radical (unpaired) electrons. The quantitative estimate of drug-likeness (QED) is 0.485. The van der Waals surface area contributed by atoms with Crippen molar-refractivity contribution in [1.82, 2.24) is 0 Å². The summed E-state index contributed by atoms with van der Waals surface area (Å²) in [5.41, 5.74) is 5.36. The van der Waals surface area contributed by atoms with E-state index in [9.17, 15) is 9.90 Å². The van der Waals surface area contributed by atoms with Crippen LogP contribution in [0, 0.1) is 5.92 Å². The third-order valence-corrected chi connectivity index (χ3v) is 5.32. The lowest BCUT2D eigenvalue weighted by atomic mass is 9.89. The maximum absolute atomic E-state index is 12.1. The normalized spacial score (nSPS) is 12.0. The number of hydrogen-bond acceptors (Lipinski definition) is 2. The lowest BCUT2D eigenvalue weighted by molar-refractivity contribution is -0.138. The molecule has 30 heavy (non-hydrogen) atoms. The van der Waals surface area contributed by atoms with E-state index in [0.29, 0.717) is 12.3 Å². The molecule has 0 saturated heterocycles. The third kappa shape index (κ3) is 5.73. The first-order chi connectivity index (χ1) is 14.5. The van der Waals surface area contributed by atoms with Crippen LogP contribution in [0.4, 0.5) is 0 Å². The molecule has 1 unspecified atom stereocenters. The van der Waals surface area contributed by atoms with Crippen LogP contribution in [0.5, 0.6) is 5.75 Å². The number of ether oxygens (including phenoxy) is 1. The Labute approximate surface area is 179 Å². The van der Waals surface area contributed by atoms with Gasteiger partial charge in [0.1, 0.15) is 5.75 Å². The molecule has 0 aliphatic heterocycles. The van der Waals surface area contributed by atoms with E-state index in [1.54, 1.807) is 7.11 Å². The lowest BCUT2D eigenvalue weighted by Gasteiger charge is -2.17. The van der Waals surface area contributed by atoms with Gasteiger partial charge in [-0.1, -0.05) is 80.6 Å². The van der Waals surface area contributed by atoms with Crippen LogP contribution in [-0.4, -0.2) is 18.2 Å². The summed E-state index contributed by atoms with van der Waals surface area (Å²) in [4.78, 5) is 12.1. The molecule has 0 aliphatic carbocycles. The molecule has 0 heterocycles. The van der Waals surface area contributed by atoms with Crippen LogP contribution in [0.15, 0.2) is 72.8 Å². The van der Waals surface area contributed by atoms with Gasteiger partial charge in [-0.05, 0) is 59.1 Å². The Balaban J connectivity index is 1.82. The summed E-state index contributed by atoms with van der Waals surface area (Å²) in [6, 6.07) is 24.4. The van der Waals surface area contributed by atoms with Crippen LogP contribution < -0.4 is 4.74 Å². The first-order valence-electron chi connectivity index (χ1n) is 10.5. The number of carboxylic acid groups (broad SMARTS) is 1. The first-order valence-corrected chi connectivity index (χ1v) is 10.5. The van der Waals surface area contributed by atoms with Gasteiger partial charge in [0.25, 0.3) is 0 Å². The summed E-state index contributed by atoms with van der Waals surface area (Å²) in [7, 11) is 1.64. The zero-order valence-corrected chi connectivity index (χ0v) is 18.0. The van der Waals surface area contributed by atoms with E-state index in [4.69, 9.17) is 4.74 Å². The summed E-state index contributed by atoms with van der Waals surface area (Å²) in [6.45, 7) is 4.33. The second kappa shape index (κ2) is 10.1. The van der Waals surface area contributed by atoms with Crippen molar-refractivity contribution in [2.24, 2.45) is 5.92 Å². The monoisotopic (exact) mass is 402 g/mol. The molecule has 3 aromatic carbocycles. The average Bonchev–Trinajstić information content (AvgIpc) is 2.73. The van der Waals surface area contributed by atoms with Crippen molar-refractivity contribution in [3.63, 3.8) is 0 Å². The highest BCUT2D eigenvalue weighted by Gasteiger charge is 2.22. The number of hydrogen-bond donors (Lipinski definition) is 1. The molecule has 0 aromatic heterocycles. The average molecular weight is 403 g/mol. The molecular weight excluding hydrogens is 372 g/mol. The largest absolute Gasteiger partial charge is 0.496 e. The van der Waals surface area contributed by atoms with Crippen molar-refractivity contribution >= 4 is 5.97 Å². The van der Waals surface area contributed by atoms with Gasteiger partial charge < -0.3 is 9.84 Å². The van der Waals surface area contributed by atoms with Gasteiger partial charge >= 0.3 is 5.97 Å². The number of benzene rings is 3. The van der Waals surface area contributed by atoms with E-state index >= 15 is 0 Å². The van der Waals surface area contributed by atoms with E-state index in [1.807, 2.05) is 48.5 Å². The zero-order valence-electron chi connectivity index (χ0n) is 18.0. The van der Waals surface area contributed by atoms with Crippen molar-refractivity contribution in [3.8, 4) is 5.75 Å². The molecule has 0 amide bonds. The summed E-state index contributed by atoms with van der Waals surface area (Å²) in [6.07, 6.45) is 2.19. The molecule has 0 bridgehead atoms. The van der Waals surface area contributed by atoms with Crippen LogP contribution in [0.25, 0.3) is 0 Å². The zero-order chi connectivity index (χ0) is 21.5. The smallest absolute Gasteiger partial charge is 0.311 e. The van der Waals surface area contributed by atoms with Gasteiger partial charge in [-0.2, -0.15) is 0 Å². The second-order valence-corrected chi connectivity index (χ2v) is 8.25. The second-order valence-electron chi connectivity index (χ2n) is 8.25. The Morgan fingerprint density at radius 3 is 2.23 bits per heavy atom. The highest BCUT2D eigenvalue weighted by Crippen LogP contribution is 2.29. The van der Waals surface area contributed by atoms with Crippen LogP contribution in [0.2, 0.25) is 0 Å². The molecule has 156 valence electrons. The minimum absolute atomic E-state index is 0.449. The SMILES string of the molecule is COc1cc(C(Cc2cccc(Cc3ccccc3)c2)C(=O)O)ccc1CC(C)C. The van der Waals surface area contributed by atoms with Crippen molar-refractivity contribution in [1.29, 1.82) is 0 Å². The Morgan fingerprint density at radius 1 is 0.867 bits per heavy atom. The fraction of sp³-hybridized carbons (Fsp3) is 0.296. The van der Waals surface area contributed by atoms with Crippen LogP contribution >= 0.6 is 0 Å². The third-order valence-electron chi connectivity index (χ3n) is 5.32. The first kappa shape index (κ1) is 21.6. The highest BCUT2D eigenvalue weighted by molar-refractivity contribution is 5.77. The number of carboxylic acids is 1. The molecule has 0 spiro atoms. The van der Waals surface area contributed by atoms with E-state index in [1.165, 1.54) is 11.1 Å². The Kier molecular flexibility index (Phi) is 7.29. The van der Waals surface area contributed by atoms with Crippen molar-refractivity contribution in [2.45, 2.75) is 39.0 Å². The summed E-state index contributed by atoms with van der Waals surface area (Å²) in [5.74, 6) is -0.154. The molecule has 3 aromatic rings. The molecule has 3 nitrogen and oxygen atoms in total. The summed E-state index contributed by atoms with van der Waals surface area (Å²) in [5, 5.41) is 9.93. The fourth-order valence-electron chi connectivity index (χ4n) is 3.87. The number of aliphatic carboxylic acids is 1. The summed E-state index contributed by atoms with van der Waals surface area (Å²) < 4.78 is 5.56. The van der Waals surface area contributed by atoms with Gasteiger partial charge in [-0.3, -0.25) is 4.79 Å². The van der Waals surface area contributed by atoms with E-state index in [-0.39, 0.29) is 0 Å². The van der Waals surface area contributed by atoms with E-state index < -0.39 is 11.9 Å². The molecule has 3 rings (SSSR count). The molecule has 0 aliphatic rings.